The number of nitrogens with zero attached hydrogens (tertiary/aromatic N) is 1. The lowest BCUT2D eigenvalue weighted by Crippen LogP contribution is -2.48. The molecule has 1 fully saturated rings. The summed E-state index contributed by atoms with van der Waals surface area (Å²) in [6.45, 7) is 2.39. The van der Waals surface area contributed by atoms with Crippen LogP contribution in [0.15, 0.2) is 58.3 Å². The lowest BCUT2D eigenvalue weighted by atomic mass is 9.98. The monoisotopic (exact) mass is 479 g/mol. The molecule has 0 bridgehead atoms. The van der Waals surface area contributed by atoms with E-state index in [1.165, 1.54) is 28.2 Å². The fourth-order valence-corrected chi connectivity index (χ4v) is 5.63. The Labute approximate surface area is 191 Å². The van der Waals surface area contributed by atoms with Gasteiger partial charge >= 0.3 is 0 Å². The highest BCUT2D eigenvalue weighted by Gasteiger charge is 2.32. The molecule has 172 valence electrons. The number of hydrazine groups is 1. The molecule has 2 aromatic carbocycles. The van der Waals surface area contributed by atoms with Crippen LogP contribution in [0.3, 0.4) is 0 Å². The molecule has 1 aliphatic rings. The Morgan fingerprint density at radius 1 is 1.03 bits per heavy atom. The number of hydrogen-bond donors (Lipinski definition) is 2. The zero-order chi connectivity index (χ0) is 23.1. The minimum Gasteiger partial charge on any atom is -0.273 e. The third kappa shape index (κ3) is 6.54. The Morgan fingerprint density at radius 2 is 1.66 bits per heavy atom. The number of rotatable bonds is 7. The average Bonchev–Trinajstić information content (AvgIpc) is 2.79. The molecule has 7 nitrogen and oxygen atoms in total. The fraction of sp³-hybridized carbons (Fsp3) is 0.364. The van der Waals surface area contributed by atoms with Crippen LogP contribution in [-0.4, -0.2) is 43.4 Å². The minimum atomic E-state index is -3.58. The molecule has 2 aromatic rings. The highest BCUT2D eigenvalue weighted by Crippen LogP contribution is 2.24. The van der Waals surface area contributed by atoms with Gasteiger partial charge in [0.15, 0.2) is 0 Å². The van der Waals surface area contributed by atoms with Gasteiger partial charge in [-0.2, -0.15) is 4.31 Å². The summed E-state index contributed by atoms with van der Waals surface area (Å²) < 4.78 is 39.8. The van der Waals surface area contributed by atoms with Gasteiger partial charge < -0.3 is 0 Å². The van der Waals surface area contributed by atoms with Gasteiger partial charge in [0.2, 0.25) is 21.8 Å². The Balaban J connectivity index is 1.39. The van der Waals surface area contributed by atoms with Crippen molar-refractivity contribution in [2.24, 2.45) is 5.92 Å². The van der Waals surface area contributed by atoms with Crippen LogP contribution >= 0.6 is 11.8 Å². The molecule has 32 heavy (non-hydrogen) atoms. The summed E-state index contributed by atoms with van der Waals surface area (Å²) in [5, 5.41) is 0. The van der Waals surface area contributed by atoms with Gasteiger partial charge in [0.05, 0.1) is 4.90 Å². The Hall–Kier alpha value is -2.43. The van der Waals surface area contributed by atoms with Gasteiger partial charge in [0.25, 0.3) is 0 Å². The molecule has 0 unspecified atom stereocenters. The summed E-state index contributed by atoms with van der Waals surface area (Å²) in [7, 11) is -3.58. The van der Waals surface area contributed by atoms with E-state index in [1.54, 1.807) is 36.4 Å². The maximum Gasteiger partial charge on any atom is 0.243 e. The van der Waals surface area contributed by atoms with Crippen molar-refractivity contribution in [3.8, 4) is 0 Å². The van der Waals surface area contributed by atoms with Crippen LogP contribution in [0.1, 0.15) is 24.8 Å². The quantitative estimate of drug-likeness (QED) is 0.470. The van der Waals surface area contributed by atoms with Gasteiger partial charge in [-0.15, -0.1) is 11.8 Å². The topological polar surface area (TPSA) is 95.6 Å². The van der Waals surface area contributed by atoms with E-state index < -0.39 is 10.0 Å². The van der Waals surface area contributed by atoms with Crippen molar-refractivity contribution in [1.29, 1.82) is 0 Å². The Bertz CT molecular complexity index is 1040. The van der Waals surface area contributed by atoms with Crippen LogP contribution in [0.25, 0.3) is 0 Å². The zero-order valence-corrected chi connectivity index (χ0v) is 19.3. The number of carbonyl (C=O) groups excluding carboxylic acids is 2. The number of benzene rings is 2. The van der Waals surface area contributed by atoms with Crippen molar-refractivity contribution in [3.05, 3.63) is 59.9 Å². The van der Waals surface area contributed by atoms with Crippen molar-refractivity contribution < 1.29 is 22.4 Å². The summed E-state index contributed by atoms with van der Waals surface area (Å²) >= 11 is 1.42. The lowest BCUT2D eigenvalue weighted by Gasteiger charge is -2.30. The van der Waals surface area contributed by atoms with Crippen LogP contribution < -0.4 is 10.9 Å². The van der Waals surface area contributed by atoms with Crippen LogP contribution in [0.2, 0.25) is 0 Å². The predicted octanol–water partition coefficient (Wildman–Crippen LogP) is 2.86. The molecule has 0 spiro atoms. The number of carbonyl (C=O) groups is 2. The van der Waals surface area contributed by atoms with Crippen molar-refractivity contribution in [2.75, 3.05) is 18.8 Å². The third-order valence-electron chi connectivity index (χ3n) is 5.22. The third-order valence-corrected chi connectivity index (χ3v) is 8.15. The van der Waals surface area contributed by atoms with Gasteiger partial charge in [-0.3, -0.25) is 20.4 Å². The highest BCUT2D eigenvalue weighted by molar-refractivity contribution is 7.99. The maximum absolute atomic E-state index is 12.9. The first kappa shape index (κ1) is 24.2. The van der Waals surface area contributed by atoms with Gasteiger partial charge in [-0.1, -0.05) is 17.7 Å². The molecule has 3 rings (SSSR count). The van der Waals surface area contributed by atoms with Crippen LogP contribution in [-0.2, 0) is 19.6 Å². The van der Waals surface area contributed by atoms with Gasteiger partial charge in [0, 0.05) is 36.1 Å². The van der Waals surface area contributed by atoms with Crippen LogP contribution in [0.4, 0.5) is 4.39 Å². The van der Waals surface area contributed by atoms with Gasteiger partial charge in [-0.25, -0.2) is 12.8 Å². The number of piperidine rings is 1. The van der Waals surface area contributed by atoms with E-state index in [2.05, 4.69) is 10.9 Å². The first-order valence-electron chi connectivity index (χ1n) is 10.3. The molecular formula is C22H26FN3O4S2. The number of hydrogen-bond acceptors (Lipinski definition) is 5. The number of thioether (sulfide) groups is 1. The summed E-state index contributed by atoms with van der Waals surface area (Å²) in [4.78, 5) is 25.4. The summed E-state index contributed by atoms with van der Waals surface area (Å²) in [6, 6.07) is 12.7. The number of aryl methyl sites for hydroxylation is 1. The molecule has 2 amide bonds. The van der Waals surface area contributed by atoms with E-state index in [0.29, 0.717) is 18.6 Å². The maximum atomic E-state index is 12.9. The van der Waals surface area contributed by atoms with E-state index in [1.807, 2.05) is 6.92 Å². The lowest BCUT2D eigenvalue weighted by molar-refractivity contribution is -0.131. The second kappa shape index (κ2) is 10.9. The van der Waals surface area contributed by atoms with Crippen LogP contribution in [0.5, 0.6) is 0 Å². The first-order chi connectivity index (χ1) is 15.3. The van der Waals surface area contributed by atoms with E-state index >= 15 is 0 Å². The molecule has 0 radical (unpaired) electrons. The van der Waals surface area contributed by atoms with E-state index in [-0.39, 0.29) is 48.0 Å². The molecule has 0 saturated carbocycles. The van der Waals surface area contributed by atoms with Gasteiger partial charge in [0.1, 0.15) is 5.82 Å². The van der Waals surface area contributed by atoms with E-state index in [4.69, 9.17) is 0 Å². The number of nitrogens with one attached hydrogen (secondary N) is 2. The highest BCUT2D eigenvalue weighted by atomic mass is 32.2. The van der Waals surface area contributed by atoms with Crippen LogP contribution in [0, 0.1) is 18.7 Å². The normalized spacial score (nSPS) is 15.3. The number of sulfonamides is 1. The Kier molecular flexibility index (Phi) is 8.27. The summed E-state index contributed by atoms with van der Waals surface area (Å²) in [6.07, 6.45) is 0.954. The van der Waals surface area contributed by atoms with E-state index in [0.717, 1.165) is 10.5 Å². The summed E-state index contributed by atoms with van der Waals surface area (Å²) in [5.41, 5.74) is 5.82. The molecule has 1 heterocycles. The minimum absolute atomic E-state index is 0.190. The van der Waals surface area contributed by atoms with Gasteiger partial charge in [-0.05, 0) is 56.2 Å². The standard InChI is InChI=1S/C22H26FN3O4S2/c1-16-2-8-20(9-3-16)32(29,30)26-13-10-17(11-14-26)22(28)25-24-21(27)12-15-31-19-6-4-18(23)5-7-19/h2-9,17H,10-15H2,1H3,(H,24,27)(H,25,28). The molecule has 0 atom stereocenters. The second-order valence-electron chi connectivity index (χ2n) is 7.58. The Morgan fingerprint density at radius 3 is 2.28 bits per heavy atom. The molecule has 10 heteroatoms. The predicted molar refractivity (Wildman–Crippen MR) is 121 cm³/mol. The van der Waals surface area contributed by atoms with Crippen molar-refractivity contribution in [1.82, 2.24) is 15.2 Å². The largest absolute Gasteiger partial charge is 0.273 e. The average molecular weight is 480 g/mol. The molecule has 1 saturated heterocycles. The molecule has 0 aliphatic carbocycles. The number of amides is 2. The molecule has 2 N–H and O–H groups in total. The van der Waals surface area contributed by atoms with Crippen molar-refractivity contribution in [2.45, 2.75) is 36.0 Å². The molecule has 0 aromatic heterocycles. The second-order valence-corrected chi connectivity index (χ2v) is 10.7. The number of halogens is 1. The van der Waals surface area contributed by atoms with Crippen molar-refractivity contribution >= 4 is 33.6 Å². The fourth-order valence-electron chi connectivity index (χ4n) is 3.31. The van der Waals surface area contributed by atoms with Crippen molar-refractivity contribution in [3.63, 3.8) is 0 Å². The summed E-state index contributed by atoms with van der Waals surface area (Å²) in [5.74, 6) is -0.839. The SMILES string of the molecule is Cc1ccc(S(=O)(=O)N2CCC(C(=O)NNC(=O)CCSc3ccc(F)cc3)CC2)cc1. The first-order valence-corrected chi connectivity index (χ1v) is 12.7. The zero-order valence-electron chi connectivity index (χ0n) is 17.7. The smallest absolute Gasteiger partial charge is 0.243 e. The van der Waals surface area contributed by atoms with E-state index in [9.17, 15) is 22.4 Å². The molecule has 1 aliphatic heterocycles. The molecular weight excluding hydrogens is 453 g/mol.